The summed E-state index contributed by atoms with van der Waals surface area (Å²) in [7, 11) is 0. The molecule has 1 saturated heterocycles. The highest BCUT2D eigenvalue weighted by molar-refractivity contribution is 6.30. The summed E-state index contributed by atoms with van der Waals surface area (Å²) in [6, 6.07) is 16.0. The van der Waals surface area contributed by atoms with E-state index in [-0.39, 0.29) is 11.5 Å². The van der Waals surface area contributed by atoms with Crippen LogP contribution in [0.3, 0.4) is 0 Å². The summed E-state index contributed by atoms with van der Waals surface area (Å²) in [6.07, 6.45) is 1.50. The van der Waals surface area contributed by atoms with Gasteiger partial charge < -0.3 is 20.2 Å². The first kappa shape index (κ1) is 21.6. The molecule has 1 aliphatic rings. The van der Waals surface area contributed by atoms with Crippen LogP contribution in [0.4, 0.5) is 17.2 Å². The van der Waals surface area contributed by atoms with Gasteiger partial charge in [-0.3, -0.25) is 4.79 Å². The summed E-state index contributed by atoms with van der Waals surface area (Å²) in [5, 5.41) is 13.2. The molecule has 2 heterocycles. The van der Waals surface area contributed by atoms with Gasteiger partial charge in [-0.05, 0) is 42.8 Å². The first-order chi connectivity index (χ1) is 15.4. The second-order valence-electron chi connectivity index (χ2n) is 7.63. The molecule has 0 bridgehead atoms. The molecule has 164 valence electrons. The van der Waals surface area contributed by atoms with E-state index in [0.717, 1.165) is 11.3 Å². The van der Waals surface area contributed by atoms with Gasteiger partial charge in [-0.25, -0.2) is 9.78 Å². The first-order valence-corrected chi connectivity index (χ1v) is 10.7. The van der Waals surface area contributed by atoms with Gasteiger partial charge >= 0.3 is 5.97 Å². The number of halogens is 1. The summed E-state index contributed by atoms with van der Waals surface area (Å²) in [6.45, 7) is 4.72. The smallest absolute Gasteiger partial charge is 0.339 e. The molecule has 1 aromatic heterocycles. The molecule has 0 saturated carbocycles. The zero-order valence-corrected chi connectivity index (χ0v) is 18.3. The van der Waals surface area contributed by atoms with Crippen molar-refractivity contribution in [3.8, 4) is 0 Å². The minimum absolute atomic E-state index is 0.0586. The maximum atomic E-state index is 12.4. The normalized spacial score (nSPS) is 13.7. The van der Waals surface area contributed by atoms with Crippen LogP contribution >= 0.6 is 11.6 Å². The Morgan fingerprint density at radius 2 is 1.69 bits per heavy atom. The van der Waals surface area contributed by atoms with Crippen LogP contribution in [0.15, 0.2) is 60.8 Å². The molecule has 8 heteroatoms. The highest BCUT2D eigenvalue weighted by Gasteiger charge is 2.24. The van der Waals surface area contributed by atoms with E-state index in [9.17, 15) is 14.7 Å². The fourth-order valence-electron chi connectivity index (χ4n) is 3.81. The third-order valence-electron chi connectivity index (χ3n) is 5.48. The highest BCUT2D eigenvalue weighted by Crippen LogP contribution is 2.28. The number of amides is 1. The van der Waals surface area contributed by atoms with Crippen molar-refractivity contribution in [1.82, 2.24) is 4.98 Å². The molecule has 2 aromatic carbocycles. The number of carboxylic acid groups (broad SMARTS) is 1. The number of nitrogens with one attached hydrogen (secondary N) is 1. The number of aromatic carboxylic acids is 1. The van der Waals surface area contributed by atoms with Crippen LogP contribution in [0.2, 0.25) is 5.02 Å². The summed E-state index contributed by atoms with van der Waals surface area (Å²) in [5.74, 6) is -1.00. The van der Waals surface area contributed by atoms with Gasteiger partial charge in [0.15, 0.2) is 0 Å². The van der Waals surface area contributed by atoms with Crippen LogP contribution < -0.4 is 15.1 Å². The zero-order chi connectivity index (χ0) is 22.7. The average molecular weight is 451 g/mol. The Labute approximate surface area is 191 Å². The van der Waals surface area contributed by atoms with E-state index < -0.39 is 5.97 Å². The van der Waals surface area contributed by atoms with Crippen molar-refractivity contribution in [3.63, 3.8) is 0 Å². The van der Waals surface area contributed by atoms with Crippen LogP contribution in [-0.2, 0) is 0 Å². The van der Waals surface area contributed by atoms with Crippen molar-refractivity contribution in [3.05, 3.63) is 82.5 Å². The second-order valence-corrected chi connectivity index (χ2v) is 8.06. The average Bonchev–Trinajstić information content (AvgIpc) is 2.81. The van der Waals surface area contributed by atoms with Crippen LogP contribution in [0.25, 0.3) is 0 Å². The third kappa shape index (κ3) is 4.68. The number of carbonyl (C=O) groups excluding carboxylic acids is 1. The Kier molecular flexibility index (Phi) is 6.28. The first-order valence-electron chi connectivity index (χ1n) is 10.3. The molecule has 4 rings (SSSR count). The topological polar surface area (TPSA) is 85.8 Å². The van der Waals surface area contributed by atoms with Crippen molar-refractivity contribution in [1.29, 1.82) is 0 Å². The van der Waals surface area contributed by atoms with E-state index in [1.54, 1.807) is 24.3 Å². The van der Waals surface area contributed by atoms with Gasteiger partial charge in [0, 0.05) is 42.5 Å². The molecule has 1 amide bonds. The molecule has 0 spiro atoms. The maximum Gasteiger partial charge on any atom is 0.339 e. The van der Waals surface area contributed by atoms with Crippen molar-refractivity contribution < 1.29 is 14.7 Å². The largest absolute Gasteiger partial charge is 0.478 e. The number of hydrogen-bond acceptors (Lipinski definition) is 5. The van der Waals surface area contributed by atoms with Gasteiger partial charge in [0.2, 0.25) is 0 Å². The number of aryl methyl sites for hydroxylation is 1. The summed E-state index contributed by atoms with van der Waals surface area (Å²) in [5.41, 5.74) is 3.12. The lowest BCUT2D eigenvalue weighted by atomic mass is 10.1. The predicted octanol–water partition coefficient (Wildman–Crippen LogP) is 4.32. The van der Waals surface area contributed by atoms with Crippen LogP contribution in [0.5, 0.6) is 0 Å². The number of hydrogen-bond donors (Lipinski definition) is 2. The molecule has 0 radical (unpaired) electrons. The van der Waals surface area contributed by atoms with Crippen molar-refractivity contribution in [2.75, 3.05) is 41.3 Å². The standard InChI is InChI=1S/C24H23ClN4O3/c1-16-7-8-18(25)13-21(16)28-9-11-29(12-10-28)22-20(24(31)32)14-19(15-26-22)27-23(30)17-5-3-2-4-6-17/h2-8,13-15H,9-12H2,1H3,(H,27,30)(H,31,32). The number of benzene rings is 2. The lowest BCUT2D eigenvalue weighted by Crippen LogP contribution is -2.47. The Hall–Kier alpha value is -3.58. The molecular formula is C24H23ClN4O3. The Bertz CT molecular complexity index is 1150. The number of nitrogens with zero attached hydrogens (tertiary/aromatic N) is 3. The minimum atomic E-state index is -1.09. The number of pyridine rings is 1. The van der Waals surface area contributed by atoms with Crippen LogP contribution in [0.1, 0.15) is 26.3 Å². The molecule has 1 aliphatic heterocycles. The molecule has 0 atom stereocenters. The summed E-state index contributed by atoms with van der Waals surface area (Å²) < 4.78 is 0. The SMILES string of the molecule is Cc1ccc(Cl)cc1N1CCN(c2ncc(NC(=O)c3ccccc3)cc2C(=O)O)CC1. The molecule has 32 heavy (non-hydrogen) atoms. The number of rotatable bonds is 5. The minimum Gasteiger partial charge on any atom is -0.478 e. The van der Waals surface area contributed by atoms with Gasteiger partial charge in [-0.15, -0.1) is 0 Å². The van der Waals surface area contributed by atoms with E-state index in [1.807, 2.05) is 36.1 Å². The Morgan fingerprint density at radius 1 is 1.00 bits per heavy atom. The highest BCUT2D eigenvalue weighted by atomic mass is 35.5. The van der Waals surface area contributed by atoms with E-state index in [0.29, 0.717) is 48.3 Å². The number of carbonyl (C=O) groups is 2. The Balaban J connectivity index is 1.50. The van der Waals surface area contributed by atoms with E-state index >= 15 is 0 Å². The fraction of sp³-hybridized carbons (Fsp3) is 0.208. The lowest BCUT2D eigenvalue weighted by Gasteiger charge is -2.37. The predicted molar refractivity (Wildman–Crippen MR) is 126 cm³/mol. The van der Waals surface area contributed by atoms with E-state index in [2.05, 4.69) is 15.2 Å². The number of anilines is 3. The van der Waals surface area contributed by atoms with Crippen LogP contribution in [-0.4, -0.2) is 48.1 Å². The van der Waals surface area contributed by atoms with Crippen molar-refractivity contribution in [2.45, 2.75) is 6.92 Å². The van der Waals surface area contributed by atoms with E-state index in [4.69, 9.17) is 11.6 Å². The van der Waals surface area contributed by atoms with Crippen molar-refractivity contribution >= 4 is 40.7 Å². The maximum absolute atomic E-state index is 12.4. The third-order valence-corrected chi connectivity index (χ3v) is 5.72. The number of aromatic nitrogens is 1. The quantitative estimate of drug-likeness (QED) is 0.602. The van der Waals surface area contributed by atoms with Crippen LogP contribution in [0, 0.1) is 6.92 Å². The molecular weight excluding hydrogens is 428 g/mol. The lowest BCUT2D eigenvalue weighted by molar-refractivity contribution is 0.0696. The van der Waals surface area contributed by atoms with E-state index in [1.165, 1.54) is 12.3 Å². The summed E-state index contributed by atoms with van der Waals surface area (Å²) >= 11 is 6.16. The molecule has 0 unspecified atom stereocenters. The van der Waals surface area contributed by atoms with Gasteiger partial charge in [-0.1, -0.05) is 35.9 Å². The number of piperazine rings is 1. The monoisotopic (exact) mass is 450 g/mol. The Morgan fingerprint density at radius 3 is 2.38 bits per heavy atom. The van der Waals surface area contributed by atoms with Gasteiger partial charge in [0.05, 0.1) is 11.9 Å². The molecule has 1 fully saturated rings. The fourth-order valence-corrected chi connectivity index (χ4v) is 3.98. The molecule has 3 aromatic rings. The molecule has 7 nitrogen and oxygen atoms in total. The zero-order valence-electron chi connectivity index (χ0n) is 17.6. The molecule has 0 aliphatic carbocycles. The van der Waals surface area contributed by atoms with Crippen molar-refractivity contribution in [2.24, 2.45) is 0 Å². The van der Waals surface area contributed by atoms with Gasteiger partial charge in [0.1, 0.15) is 11.4 Å². The number of carboxylic acids is 1. The van der Waals surface area contributed by atoms with Gasteiger partial charge in [0.25, 0.3) is 5.91 Å². The second kappa shape index (κ2) is 9.28. The molecule has 2 N–H and O–H groups in total. The van der Waals surface area contributed by atoms with Gasteiger partial charge in [-0.2, -0.15) is 0 Å². The summed E-state index contributed by atoms with van der Waals surface area (Å²) in [4.78, 5) is 32.9.